The van der Waals surface area contributed by atoms with Gasteiger partial charge in [0.1, 0.15) is 10.6 Å². The summed E-state index contributed by atoms with van der Waals surface area (Å²) in [5, 5.41) is 5.69. The zero-order valence-corrected chi connectivity index (χ0v) is 9.25. The van der Waals surface area contributed by atoms with E-state index in [1.165, 1.54) is 11.3 Å². The van der Waals surface area contributed by atoms with E-state index in [9.17, 15) is 0 Å². The number of hydrogen-bond donors (Lipinski definition) is 1. The van der Waals surface area contributed by atoms with E-state index < -0.39 is 0 Å². The van der Waals surface area contributed by atoms with Crippen molar-refractivity contribution in [3.05, 3.63) is 17.3 Å². The van der Waals surface area contributed by atoms with Gasteiger partial charge in [0, 0.05) is 0 Å². The lowest BCUT2D eigenvalue weighted by Crippen LogP contribution is -2.06. The summed E-state index contributed by atoms with van der Waals surface area (Å²) in [6.45, 7) is 1.81. The van der Waals surface area contributed by atoms with E-state index in [2.05, 4.69) is 10.1 Å². The Kier molecular flexibility index (Phi) is 2.70. The van der Waals surface area contributed by atoms with Crippen LogP contribution in [0.3, 0.4) is 0 Å². The molecule has 6 heteroatoms. The Morgan fingerprint density at radius 3 is 3.00 bits per heavy atom. The van der Waals surface area contributed by atoms with Crippen molar-refractivity contribution in [1.29, 1.82) is 0 Å². The molecular weight excluding hydrogens is 214 g/mol. The Hall–Kier alpha value is -1.40. The average Bonchev–Trinajstić information content (AvgIpc) is 2.85. The highest BCUT2D eigenvalue weighted by atomic mass is 32.1. The van der Waals surface area contributed by atoms with Crippen LogP contribution >= 0.6 is 11.3 Å². The van der Waals surface area contributed by atoms with Gasteiger partial charge in [-0.25, -0.2) is 0 Å². The highest BCUT2D eigenvalue weighted by Gasteiger charge is 2.16. The molecule has 2 heterocycles. The van der Waals surface area contributed by atoms with Crippen LogP contribution in [0.25, 0.3) is 10.8 Å². The van der Waals surface area contributed by atoms with Gasteiger partial charge in [-0.2, -0.15) is 4.98 Å². The normalized spacial score (nSPS) is 12.7. The standard InChI is InChI=1S/C9H11N3O2S/c1-5(10)8-11-9(14-12-8)7-6(13-2)3-4-15-7/h3-5H,10H2,1-2H3. The zero-order chi connectivity index (χ0) is 10.8. The van der Waals surface area contributed by atoms with Gasteiger partial charge in [-0.15, -0.1) is 11.3 Å². The molecule has 0 saturated heterocycles. The maximum absolute atomic E-state index is 5.64. The lowest BCUT2D eigenvalue weighted by atomic mass is 10.3. The summed E-state index contributed by atoms with van der Waals surface area (Å²) >= 11 is 1.49. The summed E-state index contributed by atoms with van der Waals surface area (Å²) in [7, 11) is 1.61. The average molecular weight is 225 g/mol. The first kappa shape index (κ1) is 10.1. The van der Waals surface area contributed by atoms with Crippen LogP contribution in [0.4, 0.5) is 0 Å². The topological polar surface area (TPSA) is 74.2 Å². The van der Waals surface area contributed by atoms with Gasteiger partial charge in [0.2, 0.25) is 0 Å². The molecular formula is C9H11N3O2S. The molecule has 1 unspecified atom stereocenters. The molecule has 2 aromatic rings. The molecule has 0 radical (unpaired) electrons. The highest BCUT2D eigenvalue weighted by molar-refractivity contribution is 7.13. The first-order valence-electron chi connectivity index (χ1n) is 4.43. The Morgan fingerprint density at radius 2 is 2.40 bits per heavy atom. The largest absolute Gasteiger partial charge is 0.495 e. The number of thiophene rings is 1. The molecule has 1 atom stereocenters. The summed E-state index contributed by atoms with van der Waals surface area (Å²) < 4.78 is 10.3. The third-order valence-corrected chi connectivity index (χ3v) is 2.78. The summed E-state index contributed by atoms with van der Waals surface area (Å²) in [6.07, 6.45) is 0. The van der Waals surface area contributed by atoms with Crippen molar-refractivity contribution in [2.24, 2.45) is 5.73 Å². The number of methoxy groups -OCH3 is 1. The Bertz CT molecular complexity index is 450. The summed E-state index contributed by atoms with van der Waals surface area (Å²) in [5.74, 6) is 1.69. The number of ether oxygens (including phenoxy) is 1. The molecule has 2 aromatic heterocycles. The fourth-order valence-electron chi connectivity index (χ4n) is 1.13. The third-order valence-electron chi connectivity index (χ3n) is 1.89. The van der Waals surface area contributed by atoms with Crippen LogP contribution in [-0.4, -0.2) is 17.3 Å². The number of nitrogens with zero attached hydrogens (tertiary/aromatic N) is 2. The van der Waals surface area contributed by atoms with Crippen molar-refractivity contribution in [3.63, 3.8) is 0 Å². The molecule has 0 fully saturated rings. The van der Waals surface area contributed by atoms with Gasteiger partial charge in [0.15, 0.2) is 5.82 Å². The Labute approximate surface area is 90.9 Å². The van der Waals surface area contributed by atoms with Crippen molar-refractivity contribution in [1.82, 2.24) is 10.1 Å². The van der Waals surface area contributed by atoms with Crippen LogP contribution in [0.5, 0.6) is 5.75 Å². The maximum Gasteiger partial charge on any atom is 0.271 e. The molecule has 0 aliphatic carbocycles. The first-order valence-corrected chi connectivity index (χ1v) is 5.31. The highest BCUT2D eigenvalue weighted by Crippen LogP contribution is 2.34. The molecule has 0 bridgehead atoms. The van der Waals surface area contributed by atoms with Gasteiger partial charge < -0.3 is 15.0 Å². The van der Waals surface area contributed by atoms with Crippen molar-refractivity contribution in [3.8, 4) is 16.5 Å². The number of aromatic nitrogens is 2. The minimum absolute atomic E-state index is 0.228. The van der Waals surface area contributed by atoms with Crippen LogP contribution in [0, 0.1) is 0 Å². The predicted molar refractivity (Wildman–Crippen MR) is 56.8 cm³/mol. The number of rotatable bonds is 3. The zero-order valence-electron chi connectivity index (χ0n) is 8.43. The van der Waals surface area contributed by atoms with Crippen LogP contribution in [-0.2, 0) is 0 Å². The van der Waals surface area contributed by atoms with E-state index >= 15 is 0 Å². The molecule has 80 valence electrons. The minimum atomic E-state index is -0.228. The van der Waals surface area contributed by atoms with Crippen LogP contribution in [0.1, 0.15) is 18.8 Å². The smallest absolute Gasteiger partial charge is 0.271 e. The number of nitrogens with two attached hydrogens (primary N) is 1. The van der Waals surface area contributed by atoms with Crippen molar-refractivity contribution in [2.75, 3.05) is 7.11 Å². The van der Waals surface area contributed by atoms with Crippen molar-refractivity contribution < 1.29 is 9.26 Å². The van der Waals surface area contributed by atoms with E-state index in [1.807, 2.05) is 11.4 Å². The minimum Gasteiger partial charge on any atom is -0.495 e. The first-order chi connectivity index (χ1) is 7.22. The van der Waals surface area contributed by atoms with Gasteiger partial charge in [0.05, 0.1) is 13.2 Å². The fourth-order valence-corrected chi connectivity index (χ4v) is 1.91. The van der Waals surface area contributed by atoms with E-state index in [0.717, 1.165) is 10.6 Å². The number of hydrogen-bond acceptors (Lipinski definition) is 6. The second-order valence-corrected chi connectivity index (χ2v) is 3.98. The Morgan fingerprint density at radius 1 is 1.60 bits per heavy atom. The molecule has 0 aliphatic rings. The summed E-state index contributed by atoms with van der Waals surface area (Å²) in [4.78, 5) is 5.02. The lowest BCUT2D eigenvalue weighted by molar-refractivity contribution is 0.403. The molecule has 0 aromatic carbocycles. The van der Waals surface area contributed by atoms with E-state index in [0.29, 0.717) is 11.7 Å². The van der Waals surface area contributed by atoms with Gasteiger partial charge in [-0.3, -0.25) is 0 Å². The fraction of sp³-hybridized carbons (Fsp3) is 0.333. The van der Waals surface area contributed by atoms with Crippen molar-refractivity contribution in [2.45, 2.75) is 13.0 Å². The van der Waals surface area contributed by atoms with Crippen LogP contribution in [0.15, 0.2) is 16.0 Å². The Balaban J connectivity index is 2.37. The molecule has 15 heavy (non-hydrogen) atoms. The second-order valence-electron chi connectivity index (χ2n) is 3.06. The molecule has 0 saturated carbocycles. The van der Waals surface area contributed by atoms with Gasteiger partial charge in [-0.1, -0.05) is 5.16 Å². The van der Waals surface area contributed by atoms with E-state index in [-0.39, 0.29) is 6.04 Å². The lowest BCUT2D eigenvalue weighted by Gasteiger charge is -1.96. The molecule has 5 nitrogen and oxygen atoms in total. The van der Waals surface area contributed by atoms with Crippen LogP contribution < -0.4 is 10.5 Å². The maximum atomic E-state index is 5.64. The SMILES string of the molecule is COc1ccsc1-c1nc(C(C)N)no1. The predicted octanol–water partition coefficient (Wildman–Crippen LogP) is 1.83. The monoisotopic (exact) mass is 225 g/mol. The molecule has 0 spiro atoms. The van der Waals surface area contributed by atoms with Gasteiger partial charge in [-0.05, 0) is 18.4 Å². The molecule has 0 amide bonds. The third kappa shape index (κ3) is 1.86. The van der Waals surface area contributed by atoms with Gasteiger partial charge >= 0.3 is 0 Å². The summed E-state index contributed by atoms with van der Waals surface area (Å²) in [6, 6.07) is 1.63. The molecule has 2 N–H and O–H groups in total. The van der Waals surface area contributed by atoms with E-state index in [1.54, 1.807) is 14.0 Å². The van der Waals surface area contributed by atoms with Crippen LogP contribution in [0.2, 0.25) is 0 Å². The van der Waals surface area contributed by atoms with E-state index in [4.69, 9.17) is 15.0 Å². The molecule has 2 rings (SSSR count). The van der Waals surface area contributed by atoms with Crippen molar-refractivity contribution >= 4 is 11.3 Å². The quantitative estimate of drug-likeness (QED) is 0.862. The second kappa shape index (κ2) is 4.00. The van der Waals surface area contributed by atoms with Gasteiger partial charge in [0.25, 0.3) is 5.89 Å². The summed E-state index contributed by atoms with van der Waals surface area (Å²) in [5.41, 5.74) is 5.64. The molecule has 0 aliphatic heterocycles.